The lowest BCUT2D eigenvalue weighted by Gasteiger charge is -2.12. The van der Waals surface area contributed by atoms with Crippen LogP contribution in [0.25, 0.3) is 10.9 Å². The van der Waals surface area contributed by atoms with Gasteiger partial charge in [-0.2, -0.15) is 0 Å². The van der Waals surface area contributed by atoms with Crippen molar-refractivity contribution in [3.05, 3.63) is 40.6 Å². The van der Waals surface area contributed by atoms with Crippen LogP contribution in [0.1, 0.15) is 45.9 Å². The third-order valence-electron chi connectivity index (χ3n) is 4.13. The number of amides is 1. The molecule has 1 aliphatic carbocycles. The number of nitrogens with one attached hydrogen (secondary N) is 1. The highest BCUT2D eigenvalue weighted by Gasteiger charge is 2.27. The molecule has 0 bridgehead atoms. The van der Waals surface area contributed by atoms with Crippen LogP contribution >= 0.6 is 0 Å². The Labute approximate surface area is 135 Å². The van der Waals surface area contributed by atoms with Gasteiger partial charge in [0.15, 0.2) is 0 Å². The number of carbonyl (C=O) groups is 2. The second-order valence-corrected chi connectivity index (χ2v) is 6.10. The predicted octanol–water partition coefficient (Wildman–Crippen LogP) is 2.63. The van der Waals surface area contributed by atoms with E-state index >= 15 is 0 Å². The molecule has 0 spiro atoms. The van der Waals surface area contributed by atoms with E-state index in [2.05, 4.69) is 10.1 Å². The Morgan fingerprint density at radius 1 is 1.26 bits per heavy atom. The van der Waals surface area contributed by atoms with Gasteiger partial charge in [0.1, 0.15) is 6.54 Å². The first-order valence-electron chi connectivity index (χ1n) is 7.76. The van der Waals surface area contributed by atoms with Gasteiger partial charge < -0.3 is 10.1 Å². The van der Waals surface area contributed by atoms with E-state index in [0.29, 0.717) is 11.5 Å². The molecule has 5 nitrogen and oxygen atoms in total. The summed E-state index contributed by atoms with van der Waals surface area (Å²) in [6, 6.07) is 5.91. The predicted molar refractivity (Wildman–Crippen MR) is 87.5 cm³/mol. The number of nitrogens with zero attached hydrogens (tertiary/aromatic N) is 1. The number of carbonyl (C=O) groups excluding carboxylic acids is 2. The second kappa shape index (κ2) is 5.99. The zero-order valence-electron chi connectivity index (χ0n) is 13.6. The summed E-state index contributed by atoms with van der Waals surface area (Å²) < 4.78 is 4.57. The van der Waals surface area contributed by atoms with E-state index < -0.39 is 5.97 Å². The first-order valence-corrected chi connectivity index (χ1v) is 7.76. The summed E-state index contributed by atoms with van der Waals surface area (Å²) >= 11 is 0. The maximum absolute atomic E-state index is 12.6. The number of esters is 1. The number of pyridine rings is 1. The van der Waals surface area contributed by atoms with Crippen LogP contribution in [0.3, 0.4) is 0 Å². The lowest BCUT2D eigenvalue weighted by molar-refractivity contribution is -0.139. The molecule has 5 heteroatoms. The fourth-order valence-electron chi connectivity index (χ4n) is 2.86. The summed E-state index contributed by atoms with van der Waals surface area (Å²) in [5.41, 5.74) is 4.52. The molecule has 1 saturated carbocycles. The monoisotopic (exact) mass is 312 g/mol. The van der Waals surface area contributed by atoms with Crippen LogP contribution in [0.2, 0.25) is 0 Å². The van der Waals surface area contributed by atoms with E-state index in [1.54, 1.807) is 0 Å². The lowest BCUT2D eigenvalue weighted by atomic mass is 9.99. The molecule has 0 atom stereocenters. The van der Waals surface area contributed by atoms with Crippen molar-refractivity contribution in [2.24, 2.45) is 0 Å². The maximum Gasteiger partial charge on any atom is 0.325 e. The normalized spacial score (nSPS) is 13.9. The Morgan fingerprint density at radius 2 is 2.00 bits per heavy atom. The summed E-state index contributed by atoms with van der Waals surface area (Å²) in [6.45, 7) is 3.86. The van der Waals surface area contributed by atoms with Gasteiger partial charge in [-0.15, -0.1) is 0 Å². The fourth-order valence-corrected chi connectivity index (χ4v) is 2.86. The van der Waals surface area contributed by atoms with Gasteiger partial charge in [0.2, 0.25) is 0 Å². The molecule has 1 fully saturated rings. The van der Waals surface area contributed by atoms with Crippen LogP contribution in [0.5, 0.6) is 0 Å². The number of hydrogen-bond acceptors (Lipinski definition) is 4. The van der Waals surface area contributed by atoms with Crippen molar-refractivity contribution in [1.82, 2.24) is 10.3 Å². The lowest BCUT2D eigenvalue weighted by Crippen LogP contribution is -2.30. The van der Waals surface area contributed by atoms with E-state index in [1.807, 2.05) is 32.0 Å². The summed E-state index contributed by atoms with van der Waals surface area (Å²) in [5, 5.41) is 3.48. The summed E-state index contributed by atoms with van der Waals surface area (Å²) in [7, 11) is 1.30. The number of benzene rings is 1. The van der Waals surface area contributed by atoms with Crippen LogP contribution in [-0.4, -0.2) is 30.5 Å². The molecule has 1 amide bonds. The molecule has 23 heavy (non-hydrogen) atoms. The number of hydrogen-bond donors (Lipinski definition) is 1. The largest absolute Gasteiger partial charge is 0.468 e. The van der Waals surface area contributed by atoms with Crippen molar-refractivity contribution < 1.29 is 14.3 Å². The number of ether oxygens (including phenoxy) is 1. The van der Waals surface area contributed by atoms with Crippen molar-refractivity contribution in [3.8, 4) is 0 Å². The minimum absolute atomic E-state index is 0.136. The van der Waals surface area contributed by atoms with Crippen LogP contribution in [-0.2, 0) is 9.53 Å². The Hall–Kier alpha value is -2.43. The van der Waals surface area contributed by atoms with Gasteiger partial charge >= 0.3 is 5.97 Å². The maximum atomic E-state index is 12.6. The van der Waals surface area contributed by atoms with Crippen molar-refractivity contribution in [1.29, 1.82) is 0 Å². The molecule has 1 aliphatic rings. The highest BCUT2D eigenvalue weighted by Crippen LogP contribution is 2.40. The highest BCUT2D eigenvalue weighted by molar-refractivity contribution is 6.08. The van der Waals surface area contributed by atoms with Gasteiger partial charge in [-0.3, -0.25) is 14.6 Å². The molecule has 1 aromatic heterocycles. The smallest absolute Gasteiger partial charge is 0.325 e. The number of methoxy groups -OCH3 is 1. The van der Waals surface area contributed by atoms with E-state index in [9.17, 15) is 9.59 Å². The van der Waals surface area contributed by atoms with Gasteiger partial charge in [0, 0.05) is 17.0 Å². The zero-order valence-corrected chi connectivity index (χ0v) is 13.6. The molecule has 2 aromatic rings. The van der Waals surface area contributed by atoms with Gasteiger partial charge in [0.25, 0.3) is 5.91 Å². The number of aromatic nitrogens is 1. The minimum Gasteiger partial charge on any atom is -0.468 e. The van der Waals surface area contributed by atoms with Crippen molar-refractivity contribution in [3.63, 3.8) is 0 Å². The van der Waals surface area contributed by atoms with E-state index in [4.69, 9.17) is 4.98 Å². The van der Waals surface area contributed by atoms with Gasteiger partial charge in [0.05, 0.1) is 18.2 Å². The van der Waals surface area contributed by atoms with Crippen molar-refractivity contribution in [2.45, 2.75) is 32.6 Å². The molecule has 120 valence electrons. The molecule has 1 aromatic carbocycles. The Bertz CT molecular complexity index is 794. The Balaban J connectivity index is 2.06. The van der Waals surface area contributed by atoms with Crippen molar-refractivity contribution in [2.75, 3.05) is 13.7 Å². The third-order valence-corrected chi connectivity index (χ3v) is 4.13. The zero-order chi connectivity index (χ0) is 16.6. The van der Waals surface area contributed by atoms with Gasteiger partial charge in [-0.05, 0) is 49.9 Å². The molecule has 1 N–H and O–H groups in total. The van der Waals surface area contributed by atoms with Crippen molar-refractivity contribution >= 4 is 22.8 Å². The van der Waals surface area contributed by atoms with Crippen LogP contribution in [0.15, 0.2) is 18.2 Å². The Kier molecular flexibility index (Phi) is 4.03. The third kappa shape index (κ3) is 3.18. The van der Waals surface area contributed by atoms with Crippen LogP contribution in [0, 0.1) is 13.8 Å². The minimum atomic E-state index is -0.466. The molecule has 3 rings (SSSR count). The SMILES string of the molecule is COC(=O)CNC(=O)c1cc(C2CC2)nc2cc(C)cc(C)c12. The number of fused-ring (bicyclic) bond motifs is 1. The van der Waals surface area contributed by atoms with Gasteiger partial charge in [-0.25, -0.2) is 0 Å². The summed E-state index contributed by atoms with van der Waals surface area (Å²) in [4.78, 5) is 28.6. The highest BCUT2D eigenvalue weighted by atomic mass is 16.5. The average molecular weight is 312 g/mol. The molecular weight excluding hydrogens is 292 g/mol. The molecule has 1 heterocycles. The average Bonchev–Trinajstić information content (AvgIpc) is 3.35. The molecule has 0 aliphatic heterocycles. The molecular formula is C18H20N2O3. The van der Waals surface area contributed by atoms with E-state index in [1.165, 1.54) is 7.11 Å². The molecule has 0 unspecified atom stereocenters. The first kappa shape index (κ1) is 15.5. The van der Waals surface area contributed by atoms with Crippen LogP contribution in [0.4, 0.5) is 0 Å². The van der Waals surface area contributed by atoms with E-state index in [-0.39, 0.29) is 12.5 Å². The fraction of sp³-hybridized carbons (Fsp3) is 0.389. The number of rotatable bonds is 4. The Morgan fingerprint density at radius 3 is 2.65 bits per heavy atom. The standard InChI is InChI=1S/C18H20N2O3/c1-10-6-11(2)17-13(18(22)19-9-16(21)23-3)8-14(12-4-5-12)20-15(17)7-10/h6-8,12H,4-5,9H2,1-3H3,(H,19,22). The van der Waals surface area contributed by atoms with Gasteiger partial charge in [-0.1, -0.05) is 6.07 Å². The molecule has 0 radical (unpaired) electrons. The first-order chi connectivity index (χ1) is 11.0. The summed E-state index contributed by atoms with van der Waals surface area (Å²) in [6.07, 6.45) is 2.24. The molecule has 0 saturated heterocycles. The topological polar surface area (TPSA) is 68.3 Å². The quantitative estimate of drug-likeness (QED) is 0.881. The van der Waals surface area contributed by atoms with Crippen LogP contribution < -0.4 is 5.32 Å². The summed E-state index contributed by atoms with van der Waals surface area (Å²) in [5.74, 6) is -0.282. The van der Waals surface area contributed by atoms with E-state index in [0.717, 1.165) is 40.6 Å². The number of aryl methyl sites for hydroxylation is 2. The second-order valence-electron chi connectivity index (χ2n) is 6.10.